The second kappa shape index (κ2) is 10.7. The van der Waals surface area contributed by atoms with E-state index in [1.54, 1.807) is 24.3 Å². The Kier molecular flexibility index (Phi) is 7.49. The summed E-state index contributed by atoms with van der Waals surface area (Å²) in [5.74, 6) is -0.680. The van der Waals surface area contributed by atoms with Crippen LogP contribution < -0.4 is 5.32 Å². The van der Waals surface area contributed by atoms with Crippen LogP contribution in [0.4, 0.5) is 0 Å². The van der Waals surface area contributed by atoms with Crippen molar-refractivity contribution in [1.82, 2.24) is 5.32 Å². The van der Waals surface area contributed by atoms with Gasteiger partial charge in [0.1, 0.15) is 24.9 Å². The highest BCUT2D eigenvalue weighted by Gasteiger charge is 2.51. The lowest BCUT2D eigenvalue weighted by molar-refractivity contribution is -0.150. The SMILES string of the molecule is CC(=O)N[C@@H]1[C@H](OCc2ccccc2)[C@@H](COC(=O)c2ccccc2)O[C@H]1C1OCCO1. The van der Waals surface area contributed by atoms with Gasteiger partial charge < -0.3 is 29.0 Å². The molecule has 1 N–H and O–H groups in total. The Morgan fingerprint density at radius 3 is 2.31 bits per heavy atom. The molecule has 8 nitrogen and oxygen atoms in total. The van der Waals surface area contributed by atoms with Crippen LogP contribution >= 0.6 is 0 Å². The fourth-order valence-electron chi connectivity index (χ4n) is 3.91. The number of esters is 1. The first-order valence-corrected chi connectivity index (χ1v) is 10.7. The fourth-order valence-corrected chi connectivity index (χ4v) is 3.91. The fraction of sp³-hybridized carbons (Fsp3) is 0.417. The minimum absolute atomic E-state index is 0.0352. The van der Waals surface area contributed by atoms with E-state index in [1.165, 1.54) is 6.92 Å². The van der Waals surface area contributed by atoms with Gasteiger partial charge in [0, 0.05) is 6.92 Å². The molecule has 2 aromatic carbocycles. The highest BCUT2D eigenvalue weighted by atomic mass is 16.7. The first-order chi connectivity index (χ1) is 15.6. The standard InChI is InChI=1S/C24H27NO7/c1-16(26)25-20-21(30-14-17-8-4-2-5-9-17)19(32-22(20)24-28-12-13-29-24)15-31-23(27)18-10-6-3-7-11-18/h2-11,19-22,24H,12-15H2,1H3,(H,25,26)/t19-,20-,21-,22-/m1/s1. The molecular formula is C24H27NO7. The van der Waals surface area contributed by atoms with Crippen LogP contribution in [0.2, 0.25) is 0 Å². The smallest absolute Gasteiger partial charge is 0.338 e. The Morgan fingerprint density at radius 1 is 1.00 bits per heavy atom. The van der Waals surface area contributed by atoms with Gasteiger partial charge in [-0.1, -0.05) is 48.5 Å². The predicted octanol–water partition coefficient (Wildman–Crippen LogP) is 2.07. The highest BCUT2D eigenvalue weighted by Crippen LogP contribution is 2.30. The van der Waals surface area contributed by atoms with Crippen molar-refractivity contribution in [3.8, 4) is 0 Å². The monoisotopic (exact) mass is 441 g/mol. The zero-order valence-corrected chi connectivity index (χ0v) is 17.8. The largest absolute Gasteiger partial charge is 0.459 e. The summed E-state index contributed by atoms with van der Waals surface area (Å²) in [5.41, 5.74) is 1.43. The molecule has 2 saturated heterocycles. The topological polar surface area (TPSA) is 92.3 Å². The molecule has 0 aliphatic carbocycles. The molecule has 2 fully saturated rings. The van der Waals surface area contributed by atoms with Crippen LogP contribution in [-0.4, -0.2) is 62.3 Å². The van der Waals surface area contributed by atoms with Crippen LogP contribution in [0.1, 0.15) is 22.8 Å². The maximum Gasteiger partial charge on any atom is 0.338 e. The summed E-state index contributed by atoms with van der Waals surface area (Å²) in [6.07, 6.45) is -2.41. The van der Waals surface area contributed by atoms with E-state index in [0.29, 0.717) is 25.4 Å². The molecule has 1 amide bonds. The second-order valence-electron chi connectivity index (χ2n) is 7.70. The van der Waals surface area contributed by atoms with Gasteiger partial charge in [-0.2, -0.15) is 0 Å². The van der Waals surface area contributed by atoms with E-state index in [1.807, 2.05) is 36.4 Å². The van der Waals surface area contributed by atoms with Crippen molar-refractivity contribution in [1.29, 1.82) is 0 Å². The molecule has 4 atom stereocenters. The number of ether oxygens (including phenoxy) is 5. The van der Waals surface area contributed by atoms with Crippen LogP contribution in [0.3, 0.4) is 0 Å². The maximum absolute atomic E-state index is 12.4. The molecule has 170 valence electrons. The van der Waals surface area contributed by atoms with E-state index in [2.05, 4.69) is 5.32 Å². The lowest BCUT2D eigenvalue weighted by Gasteiger charge is -2.26. The third kappa shape index (κ3) is 5.52. The highest BCUT2D eigenvalue weighted by molar-refractivity contribution is 5.89. The Balaban J connectivity index is 1.50. The van der Waals surface area contributed by atoms with Gasteiger partial charge in [-0.05, 0) is 17.7 Å². The number of rotatable bonds is 8. The average molecular weight is 441 g/mol. The van der Waals surface area contributed by atoms with Crippen molar-refractivity contribution in [3.63, 3.8) is 0 Å². The van der Waals surface area contributed by atoms with Gasteiger partial charge in [-0.25, -0.2) is 4.79 Å². The van der Waals surface area contributed by atoms with Crippen LogP contribution in [0.25, 0.3) is 0 Å². The Bertz CT molecular complexity index is 886. The Morgan fingerprint density at radius 2 is 1.66 bits per heavy atom. The summed E-state index contributed by atoms with van der Waals surface area (Å²) in [4.78, 5) is 24.4. The number of carbonyl (C=O) groups is 2. The van der Waals surface area contributed by atoms with Gasteiger partial charge in [0.05, 0.1) is 31.4 Å². The van der Waals surface area contributed by atoms with Crippen molar-refractivity contribution in [2.75, 3.05) is 19.8 Å². The van der Waals surface area contributed by atoms with Crippen LogP contribution in [0.5, 0.6) is 0 Å². The van der Waals surface area contributed by atoms with E-state index in [0.717, 1.165) is 5.56 Å². The molecule has 2 heterocycles. The minimum Gasteiger partial charge on any atom is -0.459 e. The number of nitrogens with one attached hydrogen (secondary N) is 1. The molecule has 0 unspecified atom stereocenters. The molecular weight excluding hydrogens is 414 g/mol. The minimum atomic E-state index is -0.635. The average Bonchev–Trinajstić information content (AvgIpc) is 3.45. The molecule has 8 heteroatoms. The zero-order valence-electron chi connectivity index (χ0n) is 17.8. The maximum atomic E-state index is 12.4. The molecule has 2 aromatic rings. The first kappa shape index (κ1) is 22.4. The zero-order chi connectivity index (χ0) is 22.3. The first-order valence-electron chi connectivity index (χ1n) is 10.7. The van der Waals surface area contributed by atoms with Crippen LogP contribution in [0, 0.1) is 0 Å². The third-order valence-corrected chi connectivity index (χ3v) is 5.37. The summed E-state index contributed by atoms with van der Waals surface area (Å²) < 4.78 is 29.2. The van der Waals surface area contributed by atoms with E-state index >= 15 is 0 Å². The van der Waals surface area contributed by atoms with Crippen molar-refractivity contribution in [3.05, 3.63) is 71.8 Å². The summed E-state index contributed by atoms with van der Waals surface area (Å²) in [5, 5.41) is 2.91. The van der Waals surface area contributed by atoms with Gasteiger partial charge in [0.15, 0.2) is 6.29 Å². The normalized spacial score (nSPS) is 25.5. The van der Waals surface area contributed by atoms with E-state index < -0.39 is 36.6 Å². The molecule has 2 aliphatic heterocycles. The summed E-state index contributed by atoms with van der Waals surface area (Å²) in [7, 11) is 0. The summed E-state index contributed by atoms with van der Waals surface area (Å²) >= 11 is 0. The van der Waals surface area contributed by atoms with E-state index in [-0.39, 0.29) is 12.5 Å². The molecule has 2 aliphatic rings. The van der Waals surface area contributed by atoms with Gasteiger partial charge in [0.2, 0.25) is 5.91 Å². The number of carbonyl (C=O) groups excluding carboxylic acids is 2. The Labute approximate surface area is 186 Å². The van der Waals surface area contributed by atoms with Gasteiger partial charge in [-0.3, -0.25) is 4.79 Å². The number of amides is 1. The quantitative estimate of drug-likeness (QED) is 0.627. The van der Waals surface area contributed by atoms with E-state index in [4.69, 9.17) is 23.7 Å². The predicted molar refractivity (Wildman–Crippen MR) is 114 cm³/mol. The lowest BCUT2D eigenvalue weighted by Crippen LogP contribution is -2.51. The Hall–Kier alpha value is -2.78. The molecule has 32 heavy (non-hydrogen) atoms. The lowest BCUT2D eigenvalue weighted by atomic mass is 10.0. The molecule has 0 radical (unpaired) electrons. The van der Waals surface area contributed by atoms with Gasteiger partial charge in [0.25, 0.3) is 0 Å². The van der Waals surface area contributed by atoms with Crippen molar-refractivity contribution in [2.45, 2.75) is 44.2 Å². The third-order valence-electron chi connectivity index (χ3n) is 5.37. The summed E-state index contributed by atoms with van der Waals surface area (Å²) in [6.45, 7) is 2.60. The molecule has 0 bridgehead atoms. The summed E-state index contributed by atoms with van der Waals surface area (Å²) in [6, 6.07) is 17.9. The number of hydrogen-bond acceptors (Lipinski definition) is 7. The van der Waals surface area contributed by atoms with Crippen molar-refractivity contribution < 1.29 is 33.3 Å². The molecule has 4 rings (SSSR count). The second-order valence-corrected chi connectivity index (χ2v) is 7.70. The molecule has 0 aromatic heterocycles. The molecule has 0 saturated carbocycles. The van der Waals surface area contributed by atoms with Gasteiger partial charge in [-0.15, -0.1) is 0 Å². The van der Waals surface area contributed by atoms with E-state index in [9.17, 15) is 9.59 Å². The van der Waals surface area contributed by atoms with Crippen molar-refractivity contribution in [2.24, 2.45) is 0 Å². The van der Waals surface area contributed by atoms with Crippen molar-refractivity contribution >= 4 is 11.9 Å². The number of hydrogen-bond donors (Lipinski definition) is 1. The van der Waals surface area contributed by atoms with Gasteiger partial charge >= 0.3 is 5.97 Å². The van der Waals surface area contributed by atoms with Crippen LogP contribution in [0.15, 0.2) is 60.7 Å². The number of benzene rings is 2. The molecule has 0 spiro atoms. The van der Waals surface area contributed by atoms with Crippen LogP contribution in [-0.2, 0) is 35.1 Å².